The van der Waals surface area contributed by atoms with Crippen molar-refractivity contribution in [2.24, 2.45) is 0 Å². The monoisotopic (exact) mass is 682 g/mol. The largest absolute Gasteiger partial charge is 0.412 e. The zero-order valence-electron chi connectivity index (χ0n) is 28.5. The molecule has 0 saturated carbocycles. The van der Waals surface area contributed by atoms with Gasteiger partial charge >= 0.3 is 0 Å². The van der Waals surface area contributed by atoms with Crippen molar-refractivity contribution < 1.29 is 21.9 Å². The van der Waals surface area contributed by atoms with Gasteiger partial charge in [0.25, 0.3) is 0 Å². The van der Waals surface area contributed by atoms with E-state index in [1.807, 2.05) is 100 Å². The molecule has 0 spiro atoms. The van der Waals surface area contributed by atoms with Gasteiger partial charge in [-0.25, -0.2) is 19.9 Å². The maximum absolute atomic E-state index is 5.93. The van der Waals surface area contributed by atoms with Gasteiger partial charge in [-0.2, -0.15) is 0 Å². The second-order valence-corrected chi connectivity index (χ2v) is 9.55. The molecule has 0 amide bonds. The average molecular weight is 683 g/mol. The van der Waals surface area contributed by atoms with Gasteiger partial charge in [0.15, 0.2) is 0 Å². The Morgan fingerprint density at radius 2 is 0.938 bits per heavy atom. The Kier molecular flexibility index (Phi) is 27.6. The summed E-state index contributed by atoms with van der Waals surface area (Å²) >= 11 is 5.93. The lowest BCUT2D eigenvalue weighted by molar-refractivity contribution is 0.823. The number of hydrogen-bond donors (Lipinski definition) is 2. The van der Waals surface area contributed by atoms with E-state index < -0.39 is 0 Å². The fourth-order valence-electron chi connectivity index (χ4n) is 3.81. The highest BCUT2D eigenvalue weighted by Gasteiger charge is 2.06. The maximum Gasteiger partial charge on any atom is 0.141 e. The number of anilines is 3. The fourth-order valence-corrected chi connectivity index (χ4v) is 4.01. The van der Waals surface area contributed by atoms with E-state index in [2.05, 4.69) is 65.1 Å². The van der Waals surface area contributed by atoms with E-state index in [1.54, 1.807) is 6.33 Å². The zero-order chi connectivity index (χ0) is 31.8. The van der Waals surface area contributed by atoms with Crippen molar-refractivity contribution in [3.8, 4) is 0 Å². The van der Waals surface area contributed by atoms with Crippen LogP contribution in [0.5, 0.6) is 0 Å². The highest BCUT2D eigenvalue weighted by molar-refractivity contribution is 6.34. The van der Waals surface area contributed by atoms with E-state index in [0.29, 0.717) is 5.15 Å². The number of nitrogen functional groups attached to an aromatic ring is 1. The SMILES string of the molecule is C.CC.CC.Cc1cc2ncnc(Cl)c2cc1C.Cc1cc2ncnc(Nc3ccccc3)c2cc1C.Nc1ccccc1.O.O.O.O. The first-order valence-electron chi connectivity index (χ1n) is 14.5. The van der Waals surface area contributed by atoms with Crippen LogP contribution in [0, 0.1) is 27.7 Å². The Morgan fingerprint density at radius 3 is 1.40 bits per heavy atom. The van der Waals surface area contributed by atoms with Crippen LogP contribution in [0.3, 0.4) is 0 Å². The number of benzene rings is 4. The molecule has 0 unspecified atom stereocenters. The van der Waals surface area contributed by atoms with Crippen molar-refractivity contribution in [2.45, 2.75) is 62.8 Å². The number of aryl methyl sites for hydroxylation is 4. The van der Waals surface area contributed by atoms with E-state index in [4.69, 9.17) is 17.3 Å². The zero-order valence-corrected chi connectivity index (χ0v) is 29.2. The second kappa shape index (κ2) is 26.4. The third-order valence-corrected chi connectivity index (χ3v) is 6.59. The quantitative estimate of drug-likeness (QED) is 0.139. The third-order valence-electron chi connectivity index (χ3n) is 6.29. The van der Waals surface area contributed by atoms with Gasteiger partial charge in [0.1, 0.15) is 23.6 Å². The first-order valence-corrected chi connectivity index (χ1v) is 14.9. The lowest BCUT2D eigenvalue weighted by Gasteiger charge is -2.09. The number of fused-ring (bicyclic) bond motifs is 2. The molecule has 0 fully saturated rings. The van der Waals surface area contributed by atoms with Crippen LogP contribution < -0.4 is 11.1 Å². The molecule has 10 nitrogen and oxygen atoms in total. The molecule has 0 atom stereocenters. The van der Waals surface area contributed by atoms with Crippen molar-refractivity contribution in [3.63, 3.8) is 0 Å². The van der Waals surface area contributed by atoms with Crippen LogP contribution >= 0.6 is 11.6 Å². The summed E-state index contributed by atoms with van der Waals surface area (Å²) in [5.41, 5.74) is 14.0. The molecule has 2 aromatic heterocycles. The van der Waals surface area contributed by atoms with Crippen molar-refractivity contribution in [3.05, 3.63) is 125 Å². The molecule has 11 N–H and O–H groups in total. The summed E-state index contributed by atoms with van der Waals surface area (Å²) < 4.78 is 0. The first-order chi connectivity index (χ1) is 20.8. The van der Waals surface area contributed by atoms with E-state index in [1.165, 1.54) is 28.6 Å². The Morgan fingerprint density at radius 1 is 0.542 bits per heavy atom. The minimum atomic E-state index is 0. The molecular formula is C37H55ClN6O4. The van der Waals surface area contributed by atoms with Crippen LogP contribution in [0.1, 0.15) is 57.4 Å². The van der Waals surface area contributed by atoms with Gasteiger partial charge in [0.2, 0.25) is 0 Å². The van der Waals surface area contributed by atoms with Crippen LogP contribution in [0.25, 0.3) is 21.8 Å². The molecule has 4 aromatic carbocycles. The van der Waals surface area contributed by atoms with Gasteiger partial charge in [-0.3, -0.25) is 0 Å². The number of hydrogen-bond acceptors (Lipinski definition) is 6. The third kappa shape index (κ3) is 14.8. The lowest BCUT2D eigenvalue weighted by atomic mass is 10.1. The summed E-state index contributed by atoms with van der Waals surface area (Å²) in [6.45, 7) is 16.3. The lowest BCUT2D eigenvalue weighted by Crippen LogP contribution is -1.96. The predicted molar refractivity (Wildman–Crippen MR) is 207 cm³/mol. The van der Waals surface area contributed by atoms with Gasteiger partial charge in [-0.15, -0.1) is 0 Å². The van der Waals surface area contributed by atoms with Crippen molar-refractivity contribution in [1.29, 1.82) is 0 Å². The maximum atomic E-state index is 5.93. The normalized spacial score (nSPS) is 8.60. The van der Waals surface area contributed by atoms with Crippen LogP contribution in [-0.4, -0.2) is 41.8 Å². The number of halogens is 1. The fraction of sp³-hybridized carbons (Fsp3) is 0.243. The number of rotatable bonds is 2. The van der Waals surface area contributed by atoms with Crippen LogP contribution in [-0.2, 0) is 0 Å². The summed E-state index contributed by atoms with van der Waals surface area (Å²) in [6.07, 6.45) is 3.09. The molecule has 0 saturated heterocycles. The molecule has 48 heavy (non-hydrogen) atoms. The molecule has 6 aromatic rings. The van der Waals surface area contributed by atoms with E-state index in [0.717, 1.165) is 39.0 Å². The molecular weight excluding hydrogens is 628 g/mol. The number of aromatic nitrogens is 4. The Bertz CT molecular complexity index is 1710. The summed E-state index contributed by atoms with van der Waals surface area (Å²) in [6, 6.07) is 27.8. The minimum Gasteiger partial charge on any atom is -0.412 e. The molecule has 11 heteroatoms. The molecule has 0 radical (unpaired) electrons. The first kappa shape index (κ1) is 50.2. The van der Waals surface area contributed by atoms with E-state index >= 15 is 0 Å². The number of nitrogens with one attached hydrogen (secondary N) is 1. The molecule has 2 heterocycles. The van der Waals surface area contributed by atoms with Crippen LogP contribution in [0.2, 0.25) is 5.15 Å². The topological polar surface area (TPSA) is 216 Å². The van der Waals surface area contributed by atoms with Gasteiger partial charge in [-0.1, -0.05) is 83.1 Å². The highest BCUT2D eigenvalue weighted by atomic mass is 35.5. The second-order valence-electron chi connectivity index (χ2n) is 9.20. The van der Waals surface area contributed by atoms with Crippen molar-refractivity contribution in [1.82, 2.24) is 19.9 Å². The number of para-hydroxylation sites is 2. The summed E-state index contributed by atoms with van der Waals surface area (Å²) in [4.78, 5) is 16.8. The van der Waals surface area contributed by atoms with E-state index in [9.17, 15) is 0 Å². The summed E-state index contributed by atoms with van der Waals surface area (Å²) in [5, 5.41) is 5.84. The van der Waals surface area contributed by atoms with Gasteiger partial charge < -0.3 is 33.0 Å². The number of nitrogens with two attached hydrogens (primary N) is 1. The molecule has 0 aliphatic carbocycles. The molecule has 264 valence electrons. The van der Waals surface area contributed by atoms with Gasteiger partial charge in [-0.05, 0) is 98.5 Å². The minimum absolute atomic E-state index is 0. The smallest absolute Gasteiger partial charge is 0.141 e. The van der Waals surface area contributed by atoms with Crippen molar-refractivity contribution >= 4 is 50.6 Å². The molecule has 0 aliphatic rings. The van der Waals surface area contributed by atoms with Gasteiger partial charge in [0.05, 0.1) is 11.0 Å². The van der Waals surface area contributed by atoms with Gasteiger partial charge in [0, 0.05) is 22.1 Å². The highest BCUT2D eigenvalue weighted by Crippen LogP contribution is 2.25. The molecule has 6 rings (SSSR count). The average Bonchev–Trinajstić information content (AvgIpc) is 3.03. The Balaban J connectivity index is -0.000000294. The number of nitrogens with zero attached hydrogens (tertiary/aromatic N) is 4. The summed E-state index contributed by atoms with van der Waals surface area (Å²) in [5.74, 6) is 0.847. The Hall–Kier alpha value is -4.71. The predicted octanol–water partition coefficient (Wildman–Crippen LogP) is 7.55. The Labute approximate surface area is 290 Å². The standard InChI is InChI=1S/C16H15N3.C10H9ClN2.C6H7N.2C2H6.CH4.4H2O/c1-11-8-14-15(9-12(11)2)17-10-18-16(14)19-13-6-4-3-5-7-13;1-6-3-8-9(4-7(6)2)12-5-13-10(8)11;7-6-4-2-1-3-5-6;2*1-2;;;;;/h3-10H,1-2H3,(H,17,18,19);3-5H,1-2H3;1-5H,7H2;2*1-2H3;1H4;4*1H2. The molecule has 0 bridgehead atoms. The summed E-state index contributed by atoms with van der Waals surface area (Å²) in [7, 11) is 0. The van der Waals surface area contributed by atoms with Crippen molar-refractivity contribution in [2.75, 3.05) is 11.1 Å². The molecule has 0 aliphatic heterocycles. The van der Waals surface area contributed by atoms with Crippen LogP contribution in [0.4, 0.5) is 17.2 Å². The van der Waals surface area contributed by atoms with Crippen LogP contribution in [0.15, 0.2) is 97.6 Å². The van der Waals surface area contributed by atoms with E-state index in [-0.39, 0.29) is 29.3 Å².